The molecule has 0 spiro atoms. The molecule has 4 nitrogen and oxygen atoms in total. The fourth-order valence-electron chi connectivity index (χ4n) is 2.61. The average molecular weight is 305 g/mol. The second kappa shape index (κ2) is 5.81. The number of aromatic nitrogens is 1. The highest BCUT2D eigenvalue weighted by atomic mass is 32.1. The lowest BCUT2D eigenvalue weighted by Gasteiger charge is -2.36. The van der Waals surface area contributed by atoms with E-state index in [0.717, 1.165) is 18.2 Å². The van der Waals surface area contributed by atoms with E-state index in [9.17, 15) is 9.18 Å². The van der Waals surface area contributed by atoms with Gasteiger partial charge < -0.3 is 9.80 Å². The highest BCUT2D eigenvalue weighted by molar-refractivity contribution is 7.13. The predicted octanol–water partition coefficient (Wildman–Crippen LogP) is 2.81. The lowest BCUT2D eigenvalue weighted by molar-refractivity contribution is 0.101. The molecular weight excluding hydrogens is 289 g/mol. The van der Waals surface area contributed by atoms with Crippen molar-refractivity contribution in [3.63, 3.8) is 0 Å². The predicted molar refractivity (Wildman–Crippen MR) is 82.9 cm³/mol. The molecule has 1 aliphatic rings. The molecule has 1 aromatic carbocycles. The van der Waals surface area contributed by atoms with Gasteiger partial charge >= 0.3 is 0 Å². The third-order valence-corrected chi connectivity index (χ3v) is 4.48. The van der Waals surface area contributed by atoms with Gasteiger partial charge in [-0.15, -0.1) is 11.3 Å². The Morgan fingerprint density at radius 1 is 1.24 bits per heavy atom. The molecule has 0 N–H and O–H groups in total. The molecule has 0 atom stereocenters. The zero-order valence-electron chi connectivity index (χ0n) is 11.8. The maximum Gasteiger partial charge on any atom is 0.185 e. The molecule has 2 aromatic rings. The highest BCUT2D eigenvalue weighted by Crippen LogP contribution is 2.27. The molecule has 0 amide bonds. The molecule has 3 rings (SSSR count). The number of hydrogen-bond donors (Lipinski definition) is 0. The number of halogens is 1. The monoisotopic (exact) mass is 305 g/mol. The number of piperazine rings is 1. The number of hydrogen-bond acceptors (Lipinski definition) is 5. The van der Waals surface area contributed by atoms with Crippen LogP contribution in [0.25, 0.3) is 0 Å². The molecule has 1 fully saturated rings. The van der Waals surface area contributed by atoms with Crippen molar-refractivity contribution in [2.75, 3.05) is 36.0 Å². The summed E-state index contributed by atoms with van der Waals surface area (Å²) in [5, 5.41) is 2.95. The van der Waals surface area contributed by atoms with Crippen LogP contribution in [0, 0.1) is 5.82 Å². The Balaban J connectivity index is 1.80. The van der Waals surface area contributed by atoms with Crippen LogP contribution in [0.4, 0.5) is 15.2 Å². The molecule has 0 saturated carbocycles. The molecule has 1 saturated heterocycles. The van der Waals surface area contributed by atoms with Gasteiger partial charge in [0.15, 0.2) is 10.9 Å². The molecule has 1 aromatic heterocycles. The highest BCUT2D eigenvalue weighted by Gasteiger charge is 2.24. The first-order valence-corrected chi connectivity index (χ1v) is 7.73. The van der Waals surface area contributed by atoms with Crippen molar-refractivity contribution in [3.8, 4) is 0 Å². The first kappa shape index (κ1) is 14.0. The standard InChI is InChI=1S/C15H16FN3OS/c1-11(20)12-3-2-4-13(16)14(12)18-6-8-19(9-7-18)15-17-5-10-21-15/h2-5,10H,6-9H2,1H3. The molecule has 2 heterocycles. The smallest absolute Gasteiger partial charge is 0.185 e. The third kappa shape index (κ3) is 2.76. The van der Waals surface area contributed by atoms with Crippen LogP contribution >= 0.6 is 11.3 Å². The maximum atomic E-state index is 14.1. The van der Waals surface area contributed by atoms with E-state index in [1.54, 1.807) is 29.7 Å². The van der Waals surface area contributed by atoms with Crippen molar-refractivity contribution >= 4 is 27.9 Å². The van der Waals surface area contributed by atoms with Crippen LogP contribution in [-0.4, -0.2) is 36.9 Å². The van der Waals surface area contributed by atoms with E-state index in [4.69, 9.17) is 0 Å². The first-order chi connectivity index (χ1) is 10.2. The summed E-state index contributed by atoms with van der Waals surface area (Å²) in [6.07, 6.45) is 1.79. The van der Waals surface area contributed by atoms with Crippen LogP contribution in [0.3, 0.4) is 0 Å². The van der Waals surface area contributed by atoms with Crippen LogP contribution in [0.15, 0.2) is 29.8 Å². The van der Waals surface area contributed by atoms with Crippen LogP contribution in [0.2, 0.25) is 0 Å². The van der Waals surface area contributed by atoms with Crippen molar-refractivity contribution in [2.24, 2.45) is 0 Å². The van der Waals surface area contributed by atoms with Crippen molar-refractivity contribution < 1.29 is 9.18 Å². The minimum atomic E-state index is -0.328. The van der Waals surface area contributed by atoms with Gasteiger partial charge in [0, 0.05) is 43.3 Å². The summed E-state index contributed by atoms with van der Waals surface area (Å²) in [7, 11) is 0. The van der Waals surface area contributed by atoms with E-state index in [1.165, 1.54) is 13.0 Å². The topological polar surface area (TPSA) is 36.4 Å². The number of thiazole rings is 1. The lowest BCUT2D eigenvalue weighted by atomic mass is 10.1. The number of benzene rings is 1. The number of nitrogens with zero attached hydrogens (tertiary/aromatic N) is 3. The Labute approximate surface area is 126 Å². The quantitative estimate of drug-likeness (QED) is 0.817. The number of Topliss-reactive ketones (excluding diaryl/α,β-unsaturated/α-hetero) is 1. The Kier molecular flexibility index (Phi) is 3.88. The van der Waals surface area contributed by atoms with Gasteiger partial charge in [0.25, 0.3) is 0 Å². The number of ketones is 1. The van der Waals surface area contributed by atoms with E-state index in [0.29, 0.717) is 24.3 Å². The molecule has 21 heavy (non-hydrogen) atoms. The second-order valence-electron chi connectivity index (χ2n) is 4.98. The molecule has 0 radical (unpaired) electrons. The minimum absolute atomic E-state index is 0.105. The summed E-state index contributed by atoms with van der Waals surface area (Å²) < 4.78 is 14.1. The summed E-state index contributed by atoms with van der Waals surface area (Å²) in [6.45, 7) is 4.39. The van der Waals surface area contributed by atoms with Gasteiger partial charge in [0.05, 0.1) is 5.69 Å². The number of anilines is 2. The normalized spacial score (nSPS) is 15.3. The molecule has 0 bridgehead atoms. The van der Waals surface area contributed by atoms with Gasteiger partial charge in [-0.1, -0.05) is 6.07 Å². The van der Waals surface area contributed by atoms with E-state index < -0.39 is 0 Å². The van der Waals surface area contributed by atoms with Crippen molar-refractivity contribution in [2.45, 2.75) is 6.92 Å². The largest absolute Gasteiger partial charge is 0.365 e. The fraction of sp³-hybridized carbons (Fsp3) is 0.333. The molecule has 1 aliphatic heterocycles. The van der Waals surface area contributed by atoms with Crippen molar-refractivity contribution in [3.05, 3.63) is 41.2 Å². The van der Waals surface area contributed by atoms with Crippen LogP contribution in [0.5, 0.6) is 0 Å². The van der Waals surface area contributed by atoms with Gasteiger partial charge in [0.2, 0.25) is 0 Å². The molecule has 6 heteroatoms. The van der Waals surface area contributed by atoms with Gasteiger partial charge in [-0.25, -0.2) is 9.37 Å². The Hall–Kier alpha value is -1.95. The SMILES string of the molecule is CC(=O)c1cccc(F)c1N1CCN(c2nccs2)CC1. The Morgan fingerprint density at radius 3 is 2.57 bits per heavy atom. The summed E-state index contributed by atoms with van der Waals surface area (Å²) in [5.41, 5.74) is 0.890. The number of para-hydroxylation sites is 1. The average Bonchev–Trinajstić information content (AvgIpc) is 3.01. The zero-order valence-corrected chi connectivity index (χ0v) is 12.6. The van der Waals surface area contributed by atoms with E-state index in [2.05, 4.69) is 9.88 Å². The number of carbonyl (C=O) groups excluding carboxylic acids is 1. The summed E-state index contributed by atoms with van der Waals surface area (Å²) in [4.78, 5) is 20.1. The maximum absolute atomic E-state index is 14.1. The van der Waals surface area contributed by atoms with Crippen LogP contribution in [-0.2, 0) is 0 Å². The molecule has 0 unspecified atom stereocenters. The summed E-state index contributed by atoms with van der Waals surface area (Å²) in [5.74, 6) is -0.433. The summed E-state index contributed by atoms with van der Waals surface area (Å²) >= 11 is 1.61. The Morgan fingerprint density at radius 2 is 1.95 bits per heavy atom. The van der Waals surface area contributed by atoms with Gasteiger partial charge in [-0.05, 0) is 19.1 Å². The van der Waals surface area contributed by atoms with Gasteiger partial charge in [-0.2, -0.15) is 0 Å². The molecule has 110 valence electrons. The van der Waals surface area contributed by atoms with Crippen molar-refractivity contribution in [1.82, 2.24) is 4.98 Å². The van der Waals surface area contributed by atoms with Gasteiger partial charge in [-0.3, -0.25) is 4.79 Å². The fourth-order valence-corrected chi connectivity index (χ4v) is 3.31. The van der Waals surface area contributed by atoms with E-state index in [1.807, 2.05) is 10.3 Å². The van der Waals surface area contributed by atoms with Crippen LogP contribution < -0.4 is 9.80 Å². The number of carbonyl (C=O) groups is 1. The molecule has 0 aliphatic carbocycles. The zero-order chi connectivity index (χ0) is 14.8. The van der Waals surface area contributed by atoms with Crippen LogP contribution in [0.1, 0.15) is 17.3 Å². The minimum Gasteiger partial charge on any atom is -0.365 e. The van der Waals surface area contributed by atoms with Crippen molar-refractivity contribution in [1.29, 1.82) is 0 Å². The van der Waals surface area contributed by atoms with Gasteiger partial charge in [0.1, 0.15) is 5.82 Å². The summed E-state index contributed by atoms with van der Waals surface area (Å²) in [6, 6.07) is 4.68. The number of rotatable bonds is 3. The first-order valence-electron chi connectivity index (χ1n) is 6.85. The second-order valence-corrected chi connectivity index (χ2v) is 5.85. The third-order valence-electron chi connectivity index (χ3n) is 3.65. The lowest BCUT2D eigenvalue weighted by Crippen LogP contribution is -2.47. The van der Waals surface area contributed by atoms with E-state index >= 15 is 0 Å². The Bertz CT molecular complexity index is 636. The molecular formula is C15H16FN3OS. The van der Waals surface area contributed by atoms with E-state index in [-0.39, 0.29) is 11.6 Å².